The first kappa shape index (κ1) is 19.0. The lowest BCUT2D eigenvalue weighted by Gasteiger charge is -2.21. The molecule has 11 heteroatoms. The van der Waals surface area contributed by atoms with Crippen molar-refractivity contribution in [2.75, 3.05) is 6.54 Å². The van der Waals surface area contributed by atoms with E-state index in [9.17, 15) is 24.6 Å². The van der Waals surface area contributed by atoms with Crippen molar-refractivity contribution in [2.45, 2.75) is 44.3 Å². The fourth-order valence-electron chi connectivity index (χ4n) is 2.95. The molecule has 0 aliphatic carbocycles. The number of aryl methyl sites for hydroxylation is 1. The number of carbonyl (C=O) groups is 1. The predicted octanol–water partition coefficient (Wildman–Crippen LogP) is -2.06. The van der Waals surface area contributed by atoms with Gasteiger partial charge in [-0.05, 0) is 6.92 Å². The zero-order valence-corrected chi connectivity index (χ0v) is 14.6. The topological polar surface area (TPSA) is 162 Å². The number of rotatable bonds is 6. The van der Waals surface area contributed by atoms with Gasteiger partial charge >= 0.3 is 5.69 Å². The van der Waals surface area contributed by atoms with Crippen LogP contribution in [0.5, 0.6) is 0 Å². The Labute approximate surface area is 153 Å². The van der Waals surface area contributed by atoms with Crippen molar-refractivity contribution in [1.29, 1.82) is 0 Å². The first-order valence-corrected chi connectivity index (χ1v) is 8.42. The fraction of sp³-hybridized carbons (Fsp3) is 0.500. The maximum atomic E-state index is 11.9. The highest BCUT2D eigenvalue weighted by atomic mass is 16.5. The molecule has 1 aliphatic rings. The number of aromatic amines is 2. The third kappa shape index (κ3) is 4.32. The maximum absolute atomic E-state index is 11.9. The molecule has 0 spiro atoms. The van der Waals surface area contributed by atoms with Crippen molar-refractivity contribution in [3.8, 4) is 0 Å². The number of aliphatic hydroxyl groups excluding tert-OH is 2. The van der Waals surface area contributed by atoms with E-state index in [0.717, 1.165) is 0 Å². The number of imidazole rings is 1. The molecule has 0 saturated carbocycles. The molecule has 4 atom stereocenters. The molecule has 0 unspecified atom stereocenters. The lowest BCUT2D eigenvalue weighted by molar-refractivity contribution is -0.122. The molecule has 0 aromatic carbocycles. The summed E-state index contributed by atoms with van der Waals surface area (Å²) in [6.45, 7) is 1.42. The van der Waals surface area contributed by atoms with Gasteiger partial charge in [-0.25, -0.2) is 9.78 Å². The summed E-state index contributed by atoms with van der Waals surface area (Å²) in [5.41, 5.74) is -0.202. The number of aliphatic hydroxyl groups is 2. The highest BCUT2D eigenvalue weighted by Crippen LogP contribution is 2.29. The molecule has 1 aliphatic heterocycles. The molecular formula is C16H21N5O6. The molecule has 2 aromatic rings. The number of nitrogens with zero attached hydrogens (tertiary/aromatic N) is 2. The number of amides is 1. The fourth-order valence-corrected chi connectivity index (χ4v) is 2.95. The van der Waals surface area contributed by atoms with Gasteiger partial charge < -0.3 is 25.3 Å². The van der Waals surface area contributed by atoms with Gasteiger partial charge in [0.15, 0.2) is 0 Å². The van der Waals surface area contributed by atoms with E-state index in [1.165, 1.54) is 23.3 Å². The van der Waals surface area contributed by atoms with E-state index in [1.807, 2.05) is 0 Å². The van der Waals surface area contributed by atoms with Crippen LogP contribution >= 0.6 is 0 Å². The summed E-state index contributed by atoms with van der Waals surface area (Å²) in [7, 11) is 0. The average Bonchev–Trinajstić information content (AvgIpc) is 3.25. The molecule has 1 saturated heterocycles. The van der Waals surface area contributed by atoms with E-state index in [-0.39, 0.29) is 25.3 Å². The molecule has 1 amide bonds. The lowest BCUT2D eigenvalue weighted by Crippen LogP contribution is -2.43. The maximum Gasteiger partial charge on any atom is 0.330 e. The van der Waals surface area contributed by atoms with E-state index < -0.39 is 35.8 Å². The van der Waals surface area contributed by atoms with Gasteiger partial charge in [0.1, 0.15) is 18.4 Å². The zero-order chi connectivity index (χ0) is 19.6. The minimum Gasteiger partial charge on any atom is -0.390 e. The van der Waals surface area contributed by atoms with Gasteiger partial charge in [0.25, 0.3) is 5.56 Å². The number of hydrogen-bond donors (Lipinski definition) is 5. The van der Waals surface area contributed by atoms with Crippen molar-refractivity contribution in [2.24, 2.45) is 0 Å². The second-order valence-corrected chi connectivity index (χ2v) is 6.46. The van der Waals surface area contributed by atoms with Crippen LogP contribution in [0.3, 0.4) is 0 Å². The van der Waals surface area contributed by atoms with Crippen LogP contribution in [-0.4, -0.2) is 60.5 Å². The normalized spacial score (nSPS) is 23.3. The van der Waals surface area contributed by atoms with E-state index >= 15 is 0 Å². The second kappa shape index (κ2) is 7.86. The third-order valence-corrected chi connectivity index (χ3v) is 4.39. The summed E-state index contributed by atoms with van der Waals surface area (Å²) in [5, 5.41) is 23.0. The van der Waals surface area contributed by atoms with Crippen LogP contribution in [0, 0.1) is 6.92 Å². The van der Waals surface area contributed by atoms with Crippen molar-refractivity contribution >= 4 is 5.91 Å². The Kier molecular flexibility index (Phi) is 5.54. The van der Waals surface area contributed by atoms with Crippen molar-refractivity contribution in [1.82, 2.24) is 24.8 Å². The van der Waals surface area contributed by atoms with E-state index in [2.05, 4.69) is 20.3 Å². The Bertz CT molecular complexity index is 905. The van der Waals surface area contributed by atoms with Crippen LogP contribution in [0.15, 0.2) is 28.3 Å². The Hall–Kier alpha value is -2.76. The van der Waals surface area contributed by atoms with Crippen molar-refractivity contribution in [3.63, 3.8) is 0 Å². The van der Waals surface area contributed by atoms with Crippen molar-refractivity contribution < 1.29 is 19.7 Å². The molecule has 146 valence electrons. The molecular weight excluding hydrogens is 358 g/mol. The molecule has 5 N–H and O–H groups in total. The first-order valence-electron chi connectivity index (χ1n) is 8.42. The van der Waals surface area contributed by atoms with Crippen LogP contribution in [-0.2, 0) is 16.0 Å². The van der Waals surface area contributed by atoms with E-state index in [0.29, 0.717) is 11.3 Å². The molecule has 3 heterocycles. The van der Waals surface area contributed by atoms with Crippen LogP contribution < -0.4 is 16.6 Å². The highest BCUT2D eigenvalue weighted by molar-refractivity contribution is 5.78. The molecule has 0 bridgehead atoms. The van der Waals surface area contributed by atoms with Gasteiger partial charge in [-0.2, -0.15) is 0 Å². The van der Waals surface area contributed by atoms with Gasteiger partial charge in [-0.1, -0.05) is 0 Å². The number of nitrogens with one attached hydrogen (secondary N) is 3. The first-order chi connectivity index (χ1) is 12.8. The van der Waals surface area contributed by atoms with Gasteiger partial charge in [0, 0.05) is 36.6 Å². The van der Waals surface area contributed by atoms with Gasteiger partial charge in [0.2, 0.25) is 5.91 Å². The molecule has 3 rings (SSSR count). The average molecular weight is 379 g/mol. The lowest BCUT2D eigenvalue weighted by atomic mass is 10.1. The van der Waals surface area contributed by atoms with Crippen LogP contribution in [0.4, 0.5) is 0 Å². The van der Waals surface area contributed by atoms with E-state index in [1.54, 1.807) is 6.92 Å². The number of ether oxygens (including phenoxy) is 1. The minimum absolute atomic E-state index is 0.0647. The van der Waals surface area contributed by atoms with Gasteiger partial charge in [-0.3, -0.25) is 19.1 Å². The number of H-pyrrole nitrogens is 2. The summed E-state index contributed by atoms with van der Waals surface area (Å²) in [6.07, 6.45) is 0.452. The number of hydrogen-bond acceptors (Lipinski definition) is 7. The summed E-state index contributed by atoms with van der Waals surface area (Å²) >= 11 is 0. The van der Waals surface area contributed by atoms with Crippen LogP contribution in [0.2, 0.25) is 0 Å². The Balaban J connectivity index is 1.59. The standard InChI is InChI=1S/C16H21N5O6/c1-8-6-21(16(26)20-15(8)25)13-3-10(22)14(27-13)11(23)5-18-12(24)2-9-4-17-7-19-9/h4,6-7,10-11,13-14,22-23H,2-3,5H2,1H3,(H,17,19)(H,18,24)(H,20,25,26)/t10-,11-,13+,14-/m0/s1. The quantitative estimate of drug-likeness (QED) is 0.385. The third-order valence-electron chi connectivity index (χ3n) is 4.39. The molecule has 2 aromatic heterocycles. The van der Waals surface area contributed by atoms with Crippen LogP contribution in [0.1, 0.15) is 23.9 Å². The zero-order valence-electron chi connectivity index (χ0n) is 14.6. The molecule has 27 heavy (non-hydrogen) atoms. The Morgan fingerprint density at radius 2 is 2.30 bits per heavy atom. The monoisotopic (exact) mass is 379 g/mol. The molecule has 1 fully saturated rings. The summed E-state index contributed by atoms with van der Waals surface area (Å²) in [4.78, 5) is 44.0. The Morgan fingerprint density at radius 1 is 1.52 bits per heavy atom. The number of aromatic nitrogens is 4. The largest absolute Gasteiger partial charge is 0.390 e. The van der Waals surface area contributed by atoms with Gasteiger partial charge in [0.05, 0.1) is 18.9 Å². The summed E-state index contributed by atoms with van der Waals surface area (Å²) < 4.78 is 6.78. The summed E-state index contributed by atoms with van der Waals surface area (Å²) in [6, 6.07) is 0. The molecule has 0 radical (unpaired) electrons. The Morgan fingerprint density at radius 3 is 3.00 bits per heavy atom. The van der Waals surface area contributed by atoms with Crippen molar-refractivity contribution in [3.05, 3.63) is 50.8 Å². The minimum atomic E-state index is -1.17. The van der Waals surface area contributed by atoms with Gasteiger partial charge in [-0.15, -0.1) is 0 Å². The SMILES string of the molecule is Cc1cn([C@H]2C[C@H](O)[C@@H]([C@@H](O)CNC(=O)Cc3cnc[nH]3)O2)c(=O)[nH]c1=O. The van der Waals surface area contributed by atoms with Crippen LogP contribution in [0.25, 0.3) is 0 Å². The predicted molar refractivity (Wildman–Crippen MR) is 91.9 cm³/mol. The second-order valence-electron chi connectivity index (χ2n) is 6.46. The highest BCUT2D eigenvalue weighted by Gasteiger charge is 2.39. The molecule has 11 nitrogen and oxygen atoms in total. The number of carbonyl (C=O) groups excluding carboxylic acids is 1. The summed E-state index contributed by atoms with van der Waals surface area (Å²) in [5.74, 6) is -0.324. The van der Waals surface area contributed by atoms with E-state index in [4.69, 9.17) is 4.74 Å². The smallest absolute Gasteiger partial charge is 0.330 e.